The van der Waals surface area contributed by atoms with Gasteiger partial charge in [0.25, 0.3) is 5.91 Å². The fraction of sp³-hybridized carbons (Fsp3) is 0.872. The molecule has 780 valence electrons. The molecule has 0 spiro atoms. The van der Waals surface area contributed by atoms with Crippen molar-refractivity contribution in [1.82, 2.24) is 5.32 Å². The van der Waals surface area contributed by atoms with E-state index in [1.54, 1.807) is 31.2 Å². The number of ether oxygens (including phenoxy) is 17. The van der Waals surface area contributed by atoms with E-state index in [9.17, 15) is 122 Å². The zero-order valence-corrected chi connectivity index (χ0v) is 78.8. The molecule has 13 aliphatic rings. The van der Waals surface area contributed by atoms with Gasteiger partial charge in [0.05, 0.1) is 74.5 Å². The molecule has 5 aliphatic carbocycles. The molecular weight excluding hydrogens is 1810 g/mol. The number of benzene rings is 1. The molecule has 0 bridgehead atoms. The minimum absolute atomic E-state index is 0.0137. The number of aldehydes is 1. The van der Waals surface area contributed by atoms with E-state index in [0.717, 1.165) is 56.8 Å². The van der Waals surface area contributed by atoms with E-state index in [0.29, 0.717) is 63.5 Å². The second-order valence-electron chi connectivity index (χ2n) is 42.0. The summed E-state index contributed by atoms with van der Waals surface area (Å²) >= 11 is 0. The van der Waals surface area contributed by atoms with Gasteiger partial charge in [-0.15, -0.1) is 0 Å². The summed E-state index contributed by atoms with van der Waals surface area (Å²) in [6, 6.07) is 8.77. The minimum atomic E-state index is -2.23. The number of aliphatic hydroxyl groups excluding tert-OH is 21. The number of rotatable bonds is 33. The Bertz CT molecular complexity index is 4150. The van der Waals surface area contributed by atoms with Crippen molar-refractivity contribution in [3.63, 3.8) is 0 Å². The molecule has 22 N–H and O–H groups in total. The lowest BCUT2D eigenvalue weighted by molar-refractivity contribution is -0.399. The number of carbonyl (C=O) groups excluding carboxylic acids is 4. The van der Waals surface area contributed by atoms with Gasteiger partial charge in [0.1, 0.15) is 164 Å². The zero-order valence-electron chi connectivity index (χ0n) is 78.8. The molecule has 8 heterocycles. The number of esters is 2. The summed E-state index contributed by atoms with van der Waals surface area (Å²) < 4.78 is 105. The van der Waals surface area contributed by atoms with Gasteiger partial charge in [0.15, 0.2) is 56.2 Å². The first-order valence-corrected chi connectivity index (χ1v) is 48.6. The maximum Gasteiger partial charge on any atom is 0.338 e. The molecular formula is C94H147NO42. The van der Waals surface area contributed by atoms with Gasteiger partial charge >= 0.3 is 11.9 Å². The molecule has 48 atom stereocenters. The SMILES string of the molecule is C[C@@H]1O[C@@H](O[C@H]2[C@H](O)[C@@H](C(=O)NCCCCCCCCCCCOC(=O)c3ccccc3)O[C@@H](O[C@H]3CC[C@]4(C)[C@H]5CC=C6[C@@H]7CC(C)(C)CC[C@]7(C(=O)O[C@@H]7O[C@H](C)[C@H](O)[C@H](O)[C@H]7O[C@@H]7O[C@@H](C)[C@H](O[C@@H]8OC[C@@H](O)[C@H](O)[C@H]8O)[C@@H](O[C@@H]8O[C@H](CO)[C@@H](O)[C@H](O[C@@H]9OC[C@@H](O)[C@H](O)[C@H]9O)[C@H]8O)[C@H]7O)[C@H](O)C[C@@]6(C)[C@]5(C)CC[C@H]4[C@]3(C)C=O)[C@@H]2O[C@@H]2O[C@H](CO)[C@H](O)[C@H](O)[C@H]2O)[C@H](O)[C@H](O)[C@H]1O. The largest absolute Gasteiger partial charge is 0.462 e. The number of fused-ring (bicyclic) bond motifs is 7. The zero-order chi connectivity index (χ0) is 99.4. The fourth-order valence-electron chi connectivity index (χ4n) is 24.3. The monoisotopic (exact) mass is 1960 g/mol. The summed E-state index contributed by atoms with van der Waals surface area (Å²) in [5.41, 5.74) is -4.73. The number of hydrogen-bond donors (Lipinski definition) is 22. The maximum absolute atomic E-state index is 16.2. The molecule has 0 aromatic heterocycles. The standard InChI is InChI=1S/C94H147NO42/c1-41-55(102)61(108)66(113)82(124-41)132-73-68(115)75(78(118)95-32-20-15-13-11-10-12-14-16-21-33-121-79(119)44-22-18-17-19-23-44)134-87(77(73)136-83-67(114)62(109)59(106)49(36-96)127-83)129-54-27-28-90(6)51(91(54,7)40-98)26-29-92(8)52(90)25-24-45-46-34-89(4,5)30-31-94(46,53(101)35-93(45,92)9)88(120)137-86-76(63(110)56(103)42(2)125-86)135-84-70(117)74(71(43(3)126-84)130-80-64(111)57(104)47(99)38-122-80)133-85-69(116)72(60(107)50(37-97)128-85)131-81-65(112)58(105)48(100)39-123-81/h17-19,22-24,40-43,46-77,80-87,96-97,99-117H,10-16,20-21,25-39H2,1-9H3,(H,95,118)/t41-,42+,43-,46-,47+,48+,49+,50+,51+,52+,53+,54-,55-,56-,57-,58-,59-,60+,61+,62-,63-,64+,65+,66+,67+,68-,69+,70+,71-,72-,73-,74-,75-,76+,77+,80-,81-,82-,83-,84-,85-,86-,87+,90-,91-,92+,93+,94+/m0/s1. The van der Waals surface area contributed by atoms with Gasteiger partial charge < -0.3 is 198 Å². The van der Waals surface area contributed by atoms with Crippen LogP contribution in [-0.4, -0.2) is 417 Å². The van der Waals surface area contributed by atoms with Crippen LogP contribution in [0.2, 0.25) is 0 Å². The highest BCUT2D eigenvalue weighted by Crippen LogP contribution is 2.76. The van der Waals surface area contributed by atoms with Crippen LogP contribution < -0.4 is 5.32 Å². The van der Waals surface area contributed by atoms with Crippen LogP contribution in [-0.2, 0) is 94.9 Å². The second kappa shape index (κ2) is 44.5. The average Bonchev–Trinajstić information content (AvgIpc) is 0.667. The van der Waals surface area contributed by atoms with Crippen LogP contribution in [0.4, 0.5) is 0 Å². The first kappa shape index (κ1) is 108. The average molecular weight is 1960 g/mol. The smallest absolute Gasteiger partial charge is 0.338 e. The Labute approximate surface area is 794 Å². The van der Waals surface area contributed by atoms with E-state index >= 15 is 4.79 Å². The van der Waals surface area contributed by atoms with Crippen molar-refractivity contribution in [3.05, 3.63) is 47.5 Å². The third-order valence-electron chi connectivity index (χ3n) is 32.8. The maximum atomic E-state index is 16.2. The quantitative estimate of drug-likeness (QED) is 0.0106. The predicted octanol–water partition coefficient (Wildman–Crippen LogP) is -3.74. The van der Waals surface area contributed by atoms with Crippen molar-refractivity contribution >= 4 is 24.1 Å². The number of nitrogens with one attached hydrogen (secondary N) is 1. The van der Waals surface area contributed by atoms with Crippen LogP contribution in [0.3, 0.4) is 0 Å². The number of aliphatic hydroxyl groups is 21. The molecule has 8 aliphatic heterocycles. The van der Waals surface area contributed by atoms with Crippen molar-refractivity contribution in [2.75, 3.05) is 39.6 Å². The van der Waals surface area contributed by atoms with Crippen LogP contribution in [0, 0.1) is 50.2 Å². The van der Waals surface area contributed by atoms with Crippen molar-refractivity contribution in [2.24, 2.45) is 50.2 Å². The summed E-state index contributed by atoms with van der Waals surface area (Å²) in [5.74, 6) is -3.76. The van der Waals surface area contributed by atoms with Crippen molar-refractivity contribution < 1.29 is 207 Å². The lowest BCUT2D eigenvalue weighted by atomic mass is 9.33. The Hall–Kier alpha value is -4.40. The Balaban J connectivity index is 0.702. The van der Waals surface area contributed by atoms with E-state index in [2.05, 4.69) is 46.0 Å². The van der Waals surface area contributed by atoms with E-state index < -0.39 is 328 Å². The normalized spacial score (nSPS) is 48.8. The first-order valence-electron chi connectivity index (χ1n) is 48.6. The summed E-state index contributed by atoms with van der Waals surface area (Å²) in [7, 11) is 0. The number of unbranched alkanes of at least 4 members (excludes halogenated alkanes) is 8. The van der Waals surface area contributed by atoms with E-state index in [4.69, 9.17) is 80.5 Å². The van der Waals surface area contributed by atoms with Gasteiger partial charge in [-0.05, 0) is 143 Å². The molecule has 12 fully saturated rings. The van der Waals surface area contributed by atoms with Crippen molar-refractivity contribution in [3.8, 4) is 0 Å². The highest BCUT2D eigenvalue weighted by Gasteiger charge is 2.74. The number of allylic oxidation sites excluding steroid dienone is 2. The van der Waals surface area contributed by atoms with Crippen LogP contribution >= 0.6 is 0 Å². The Morgan fingerprint density at radius 1 is 0.445 bits per heavy atom. The number of amides is 1. The van der Waals surface area contributed by atoms with Crippen molar-refractivity contribution in [1.29, 1.82) is 0 Å². The fourth-order valence-corrected chi connectivity index (χ4v) is 24.3. The van der Waals surface area contributed by atoms with Gasteiger partial charge in [-0.25, -0.2) is 4.79 Å². The summed E-state index contributed by atoms with van der Waals surface area (Å²) in [6.07, 6.45) is -60.5. The van der Waals surface area contributed by atoms with Gasteiger partial charge in [0, 0.05) is 6.54 Å². The molecule has 14 rings (SSSR count). The third-order valence-corrected chi connectivity index (χ3v) is 32.8. The molecule has 0 unspecified atom stereocenters. The van der Waals surface area contributed by atoms with E-state index in [1.807, 2.05) is 6.07 Å². The highest BCUT2D eigenvalue weighted by atomic mass is 16.8. The molecule has 1 aromatic rings. The summed E-state index contributed by atoms with van der Waals surface area (Å²) in [6.45, 7) is 13.8. The molecule has 1 aromatic carbocycles. The molecule has 1 amide bonds. The highest BCUT2D eigenvalue weighted by molar-refractivity contribution is 5.89. The van der Waals surface area contributed by atoms with E-state index in [1.165, 1.54) is 20.8 Å². The molecule has 0 radical (unpaired) electrons. The lowest BCUT2D eigenvalue weighted by Gasteiger charge is -2.71. The molecule has 137 heavy (non-hydrogen) atoms. The molecule has 43 heteroatoms. The summed E-state index contributed by atoms with van der Waals surface area (Å²) in [5, 5.41) is 241. The molecule has 43 nitrogen and oxygen atoms in total. The lowest BCUT2D eigenvalue weighted by Crippen LogP contribution is -2.70. The van der Waals surface area contributed by atoms with Crippen LogP contribution in [0.25, 0.3) is 0 Å². The number of hydrogen-bond acceptors (Lipinski definition) is 42. The van der Waals surface area contributed by atoms with Crippen molar-refractivity contribution in [2.45, 2.75) is 424 Å². The topological polar surface area (TPSA) is 662 Å². The Kier molecular flexibility index (Phi) is 35.2. The Morgan fingerprint density at radius 3 is 1.56 bits per heavy atom. The second-order valence-corrected chi connectivity index (χ2v) is 42.0. The van der Waals surface area contributed by atoms with Gasteiger partial charge in [0.2, 0.25) is 6.29 Å². The van der Waals surface area contributed by atoms with Crippen LogP contribution in [0.5, 0.6) is 0 Å². The van der Waals surface area contributed by atoms with Crippen LogP contribution in [0.15, 0.2) is 42.0 Å². The summed E-state index contributed by atoms with van der Waals surface area (Å²) in [4.78, 5) is 58.1. The number of carbonyl (C=O) groups is 4. The first-order chi connectivity index (χ1) is 64.8. The van der Waals surface area contributed by atoms with Crippen LogP contribution in [0.1, 0.15) is 188 Å². The molecule has 8 saturated heterocycles. The van der Waals surface area contributed by atoms with Gasteiger partial charge in [-0.3, -0.25) is 9.59 Å². The predicted molar refractivity (Wildman–Crippen MR) is 463 cm³/mol. The van der Waals surface area contributed by atoms with E-state index in [-0.39, 0.29) is 37.7 Å². The molecule has 4 saturated carbocycles. The van der Waals surface area contributed by atoms with Gasteiger partial charge in [-0.1, -0.05) is 116 Å². The van der Waals surface area contributed by atoms with Gasteiger partial charge in [-0.2, -0.15) is 0 Å². The Morgan fingerprint density at radius 2 is 0.949 bits per heavy atom. The third kappa shape index (κ3) is 21.4. The minimum Gasteiger partial charge on any atom is -0.462 e.